The minimum Gasteiger partial charge on any atom is -0.449 e. The number of ether oxygens (including phenoxy) is 1. The fourth-order valence-electron chi connectivity index (χ4n) is 4.11. The Bertz CT molecular complexity index is 1140. The van der Waals surface area contributed by atoms with Crippen LogP contribution in [0.15, 0.2) is 72.8 Å². The summed E-state index contributed by atoms with van der Waals surface area (Å²) in [6, 6.07) is 21.4. The van der Waals surface area contributed by atoms with Crippen molar-refractivity contribution >= 4 is 17.9 Å². The molecule has 3 aromatic carbocycles. The van der Waals surface area contributed by atoms with Gasteiger partial charge in [-0.05, 0) is 53.3 Å². The van der Waals surface area contributed by atoms with Gasteiger partial charge in [-0.3, -0.25) is 10.1 Å². The molecule has 0 radical (unpaired) electrons. The molecule has 0 fully saturated rings. The van der Waals surface area contributed by atoms with Crippen molar-refractivity contribution in [3.8, 4) is 11.1 Å². The van der Waals surface area contributed by atoms with Crippen molar-refractivity contribution in [2.24, 2.45) is 0 Å². The molecular formula is C26H24N2O4. The maximum absolute atomic E-state index is 12.2. The standard InChI is InChI=1S/C26H24N2O4/c1-18-16-19(13-14-25(18)28(30)31)8-6-7-15-27-26(29)32-17-24-22-11-4-2-9-20(22)21-10-3-5-12-23(21)24/h2-6,8-14,16,24H,7,15,17H2,1H3,(H,27,29). The molecule has 0 atom stereocenters. The summed E-state index contributed by atoms with van der Waals surface area (Å²) >= 11 is 0. The van der Waals surface area contributed by atoms with E-state index in [2.05, 4.69) is 29.6 Å². The molecule has 0 saturated heterocycles. The molecule has 6 heteroatoms. The predicted molar refractivity (Wildman–Crippen MR) is 125 cm³/mol. The molecule has 0 saturated carbocycles. The van der Waals surface area contributed by atoms with Gasteiger partial charge < -0.3 is 10.1 Å². The second kappa shape index (κ2) is 9.47. The Kier molecular flexibility index (Phi) is 6.31. The molecule has 0 unspecified atom stereocenters. The van der Waals surface area contributed by atoms with Crippen LogP contribution in [0.1, 0.15) is 34.6 Å². The number of nitrogens with one attached hydrogen (secondary N) is 1. The van der Waals surface area contributed by atoms with Gasteiger partial charge in [0.2, 0.25) is 0 Å². The monoisotopic (exact) mass is 428 g/mol. The number of alkyl carbamates (subject to hydrolysis) is 1. The first kappa shape index (κ1) is 21.3. The highest BCUT2D eigenvalue weighted by Gasteiger charge is 2.28. The van der Waals surface area contributed by atoms with Gasteiger partial charge in [-0.1, -0.05) is 60.7 Å². The van der Waals surface area contributed by atoms with Gasteiger partial charge in [0, 0.05) is 24.1 Å². The van der Waals surface area contributed by atoms with E-state index in [0.29, 0.717) is 18.5 Å². The first-order valence-corrected chi connectivity index (χ1v) is 10.5. The number of fused-ring (bicyclic) bond motifs is 3. The van der Waals surface area contributed by atoms with Crippen molar-refractivity contribution in [3.05, 3.63) is 105 Å². The van der Waals surface area contributed by atoms with E-state index in [0.717, 1.165) is 5.56 Å². The van der Waals surface area contributed by atoms with Gasteiger partial charge in [-0.15, -0.1) is 0 Å². The Morgan fingerprint density at radius 1 is 1.06 bits per heavy atom. The second-order valence-corrected chi connectivity index (χ2v) is 7.75. The lowest BCUT2D eigenvalue weighted by Crippen LogP contribution is -2.26. The van der Waals surface area contributed by atoms with Crippen LogP contribution in [0, 0.1) is 17.0 Å². The minimum atomic E-state index is -0.438. The highest BCUT2D eigenvalue weighted by molar-refractivity contribution is 5.79. The highest BCUT2D eigenvalue weighted by Crippen LogP contribution is 2.44. The Balaban J connectivity index is 1.26. The molecule has 3 aromatic rings. The fraction of sp³-hybridized carbons (Fsp3) is 0.192. The van der Waals surface area contributed by atoms with Crippen LogP contribution < -0.4 is 5.32 Å². The van der Waals surface area contributed by atoms with Gasteiger partial charge in [-0.25, -0.2) is 4.79 Å². The smallest absolute Gasteiger partial charge is 0.407 e. The lowest BCUT2D eigenvalue weighted by molar-refractivity contribution is -0.385. The van der Waals surface area contributed by atoms with E-state index in [1.165, 1.54) is 28.3 Å². The largest absolute Gasteiger partial charge is 0.449 e. The number of aryl methyl sites for hydroxylation is 1. The number of rotatable bonds is 7. The summed E-state index contributed by atoms with van der Waals surface area (Å²) in [7, 11) is 0. The molecule has 1 aliphatic carbocycles. The number of hydrogen-bond donors (Lipinski definition) is 1. The number of nitro benzene ring substituents is 1. The van der Waals surface area contributed by atoms with Crippen molar-refractivity contribution < 1.29 is 14.5 Å². The van der Waals surface area contributed by atoms with Crippen LogP contribution >= 0.6 is 0 Å². The normalized spacial score (nSPS) is 12.4. The number of amides is 1. The molecule has 6 nitrogen and oxygen atoms in total. The van der Waals surface area contributed by atoms with E-state index in [4.69, 9.17) is 4.74 Å². The van der Waals surface area contributed by atoms with Crippen LogP contribution in [0.5, 0.6) is 0 Å². The number of benzene rings is 3. The zero-order valence-corrected chi connectivity index (χ0v) is 17.8. The van der Waals surface area contributed by atoms with Crippen molar-refractivity contribution in [3.63, 3.8) is 0 Å². The maximum atomic E-state index is 12.2. The first-order valence-electron chi connectivity index (χ1n) is 10.5. The zero-order chi connectivity index (χ0) is 22.5. The summed E-state index contributed by atoms with van der Waals surface area (Å²) in [4.78, 5) is 22.7. The first-order chi connectivity index (χ1) is 15.5. The molecule has 0 aromatic heterocycles. The number of carbonyl (C=O) groups excluding carboxylic acids is 1. The molecule has 0 bridgehead atoms. The van der Waals surface area contributed by atoms with Crippen molar-refractivity contribution in [2.45, 2.75) is 19.3 Å². The van der Waals surface area contributed by atoms with Crippen molar-refractivity contribution in [1.82, 2.24) is 5.32 Å². The molecule has 0 spiro atoms. The molecule has 1 amide bonds. The molecule has 32 heavy (non-hydrogen) atoms. The van der Waals surface area contributed by atoms with Gasteiger partial charge in [0.15, 0.2) is 0 Å². The average Bonchev–Trinajstić information content (AvgIpc) is 3.11. The summed E-state index contributed by atoms with van der Waals surface area (Å²) in [6.07, 6.45) is 3.99. The quantitative estimate of drug-likeness (QED) is 0.291. The van der Waals surface area contributed by atoms with E-state index in [9.17, 15) is 14.9 Å². The zero-order valence-electron chi connectivity index (χ0n) is 17.8. The number of nitro groups is 1. The van der Waals surface area contributed by atoms with E-state index in [1.807, 2.05) is 36.4 Å². The van der Waals surface area contributed by atoms with Gasteiger partial charge in [0.25, 0.3) is 5.69 Å². The van der Waals surface area contributed by atoms with Crippen LogP contribution in [-0.4, -0.2) is 24.2 Å². The van der Waals surface area contributed by atoms with Crippen LogP contribution in [0.3, 0.4) is 0 Å². The summed E-state index contributed by atoms with van der Waals surface area (Å²) < 4.78 is 5.52. The maximum Gasteiger partial charge on any atom is 0.407 e. The SMILES string of the molecule is Cc1cc(C=CCCNC(=O)OCC2c3ccccc3-c3ccccc32)ccc1[N+](=O)[O-]. The third-order valence-corrected chi connectivity index (χ3v) is 5.65. The van der Waals surface area contributed by atoms with Crippen LogP contribution in [0.2, 0.25) is 0 Å². The summed E-state index contributed by atoms with van der Waals surface area (Å²) in [5, 5.41) is 13.7. The summed E-state index contributed by atoms with van der Waals surface area (Å²) in [5.41, 5.74) is 6.38. The summed E-state index contributed by atoms with van der Waals surface area (Å²) in [6.45, 7) is 2.45. The van der Waals surface area contributed by atoms with Gasteiger partial charge in [-0.2, -0.15) is 0 Å². The van der Waals surface area contributed by atoms with Crippen LogP contribution in [-0.2, 0) is 4.74 Å². The number of carbonyl (C=O) groups is 1. The Morgan fingerprint density at radius 3 is 2.34 bits per heavy atom. The van der Waals surface area contributed by atoms with Crippen LogP contribution in [0.4, 0.5) is 10.5 Å². The molecular weight excluding hydrogens is 404 g/mol. The predicted octanol–water partition coefficient (Wildman–Crippen LogP) is 5.85. The molecule has 0 aliphatic heterocycles. The lowest BCUT2D eigenvalue weighted by Gasteiger charge is -2.14. The number of nitrogens with zero attached hydrogens (tertiary/aromatic N) is 1. The Hall–Kier alpha value is -3.93. The third kappa shape index (κ3) is 4.54. The van der Waals surface area contributed by atoms with E-state index < -0.39 is 6.09 Å². The molecule has 0 heterocycles. The van der Waals surface area contributed by atoms with Gasteiger partial charge in [0.05, 0.1) is 4.92 Å². The third-order valence-electron chi connectivity index (χ3n) is 5.65. The van der Waals surface area contributed by atoms with Gasteiger partial charge in [0.1, 0.15) is 6.61 Å². The topological polar surface area (TPSA) is 81.5 Å². The van der Waals surface area contributed by atoms with E-state index >= 15 is 0 Å². The summed E-state index contributed by atoms with van der Waals surface area (Å²) in [5.74, 6) is 0.0402. The molecule has 4 rings (SSSR count). The molecule has 162 valence electrons. The van der Waals surface area contributed by atoms with E-state index in [1.54, 1.807) is 19.1 Å². The fourth-order valence-corrected chi connectivity index (χ4v) is 4.11. The van der Waals surface area contributed by atoms with Gasteiger partial charge >= 0.3 is 6.09 Å². The second-order valence-electron chi connectivity index (χ2n) is 7.75. The van der Waals surface area contributed by atoms with Crippen LogP contribution in [0.25, 0.3) is 17.2 Å². The Labute approximate surface area is 186 Å². The average molecular weight is 428 g/mol. The lowest BCUT2D eigenvalue weighted by atomic mass is 9.98. The van der Waals surface area contributed by atoms with Crippen molar-refractivity contribution in [1.29, 1.82) is 0 Å². The Morgan fingerprint density at radius 2 is 1.72 bits per heavy atom. The highest BCUT2D eigenvalue weighted by atomic mass is 16.6. The van der Waals surface area contributed by atoms with Crippen molar-refractivity contribution in [2.75, 3.05) is 13.2 Å². The molecule has 1 N–H and O–H groups in total. The minimum absolute atomic E-state index is 0.0402. The molecule has 1 aliphatic rings. The van der Waals surface area contributed by atoms with E-state index in [-0.39, 0.29) is 23.1 Å². The number of hydrogen-bond acceptors (Lipinski definition) is 4.